The van der Waals surface area contributed by atoms with Gasteiger partial charge in [0.1, 0.15) is 12.4 Å². The molecule has 2 aromatic carbocycles. The standard InChI is InChI=1S/C20H15FN4O2S/c1-12-2-7-16-17(10-12)28-20(22-16)23-18(26)11-25-19(27)9-8-15(24-25)13-3-5-14(21)6-4-13/h2-10H,11H2,1H3,(H,22,23,26). The van der Waals surface area contributed by atoms with Gasteiger partial charge in [-0.25, -0.2) is 14.1 Å². The molecule has 1 N–H and O–H groups in total. The van der Waals surface area contributed by atoms with Crippen molar-refractivity contribution < 1.29 is 9.18 Å². The summed E-state index contributed by atoms with van der Waals surface area (Å²) in [7, 11) is 0. The lowest BCUT2D eigenvalue weighted by Gasteiger charge is -2.07. The van der Waals surface area contributed by atoms with E-state index in [1.807, 2.05) is 25.1 Å². The minimum Gasteiger partial charge on any atom is -0.300 e. The Bertz CT molecular complexity index is 1230. The molecule has 0 aliphatic carbocycles. The van der Waals surface area contributed by atoms with Gasteiger partial charge >= 0.3 is 0 Å². The zero-order valence-corrected chi connectivity index (χ0v) is 15.7. The lowest BCUT2D eigenvalue weighted by molar-refractivity contribution is -0.117. The average Bonchev–Trinajstić information content (AvgIpc) is 3.05. The molecule has 0 fully saturated rings. The van der Waals surface area contributed by atoms with Crippen LogP contribution in [0.4, 0.5) is 9.52 Å². The quantitative estimate of drug-likeness (QED) is 0.574. The number of rotatable bonds is 4. The first-order valence-corrected chi connectivity index (χ1v) is 9.31. The number of nitrogens with zero attached hydrogens (tertiary/aromatic N) is 3. The predicted molar refractivity (Wildman–Crippen MR) is 107 cm³/mol. The summed E-state index contributed by atoms with van der Waals surface area (Å²) in [6, 6.07) is 14.5. The first-order chi connectivity index (χ1) is 13.5. The maximum atomic E-state index is 13.1. The highest BCUT2D eigenvalue weighted by Gasteiger charge is 2.11. The molecule has 4 rings (SSSR count). The Morgan fingerprint density at radius 2 is 1.93 bits per heavy atom. The van der Waals surface area contributed by atoms with E-state index in [2.05, 4.69) is 15.4 Å². The van der Waals surface area contributed by atoms with Crippen molar-refractivity contribution in [2.75, 3.05) is 5.32 Å². The second kappa shape index (κ2) is 7.32. The first kappa shape index (κ1) is 18.0. The lowest BCUT2D eigenvalue weighted by Crippen LogP contribution is -2.29. The summed E-state index contributed by atoms with van der Waals surface area (Å²) in [5.74, 6) is -0.760. The van der Waals surface area contributed by atoms with Gasteiger partial charge in [-0.1, -0.05) is 17.4 Å². The molecule has 6 nitrogen and oxygen atoms in total. The van der Waals surface area contributed by atoms with Crippen LogP contribution in [0, 0.1) is 12.7 Å². The van der Waals surface area contributed by atoms with Crippen LogP contribution in [0.5, 0.6) is 0 Å². The number of carbonyl (C=O) groups is 1. The molecular formula is C20H15FN4O2S. The van der Waals surface area contributed by atoms with Crippen LogP contribution >= 0.6 is 11.3 Å². The molecule has 0 aliphatic rings. The average molecular weight is 394 g/mol. The predicted octanol–water partition coefficient (Wildman–Crippen LogP) is 3.61. The van der Waals surface area contributed by atoms with Crippen molar-refractivity contribution >= 4 is 32.6 Å². The Labute approximate surface area is 163 Å². The van der Waals surface area contributed by atoms with E-state index in [0.717, 1.165) is 20.5 Å². The van der Waals surface area contributed by atoms with E-state index < -0.39 is 11.5 Å². The molecular weight excluding hydrogens is 379 g/mol. The van der Waals surface area contributed by atoms with E-state index in [0.29, 0.717) is 16.4 Å². The number of carbonyl (C=O) groups excluding carboxylic acids is 1. The largest absolute Gasteiger partial charge is 0.300 e. The van der Waals surface area contributed by atoms with Gasteiger partial charge in [0.2, 0.25) is 5.91 Å². The number of aromatic nitrogens is 3. The van der Waals surface area contributed by atoms with E-state index >= 15 is 0 Å². The third-order valence-electron chi connectivity index (χ3n) is 4.09. The van der Waals surface area contributed by atoms with E-state index in [9.17, 15) is 14.0 Å². The van der Waals surface area contributed by atoms with Gasteiger partial charge in [-0.3, -0.25) is 9.59 Å². The topological polar surface area (TPSA) is 76.9 Å². The maximum Gasteiger partial charge on any atom is 0.267 e. The molecule has 8 heteroatoms. The number of amides is 1. The number of anilines is 1. The summed E-state index contributed by atoms with van der Waals surface area (Å²) in [5.41, 5.74) is 2.64. The van der Waals surface area contributed by atoms with E-state index in [4.69, 9.17) is 0 Å². The molecule has 28 heavy (non-hydrogen) atoms. The summed E-state index contributed by atoms with van der Waals surface area (Å²) >= 11 is 1.37. The minimum atomic E-state index is -0.402. The van der Waals surface area contributed by atoms with Crippen LogP contribution in [0.1, 0.15) is 5.56 Å². The summed E-state index contributed by atoms with van der Waals surface area (Å²) < 4.78 is 15.1. The fourth-order valence-corrected chi connectivity index (χ4v) is 3.70. The van der Waals surface area contributed by atoms with Crippen LogP contribution in [-0.2, 0) is 11.3 Å². The van der Waals surface area contributed by atoms with Gasteiger partial charge in [-0.05, 0) is 55.0 Å². The molecule has 4 aromatic rings. The zero-order valence-electron chi connectivity index (χ0n) is 14.8. The number of hydrogen-bond acceptors (Lipinski definition) is 5. The Hall–Kier alpha value is -3.39. The minimum absolute atomic E-state index is 0.247. The van der Waals surface area contributed by atoms with Crippen molar-refractivity contribution in [2.24, 2.45) is 0 Å². The van der Waals surface area contributed by atoms with Crippen LogP contribution in [0.3, 0.4) is 0 Å². The Morgan fingerprint density at radius 3 is 2.71 bits per heavy atom. The van der Waals surface area contributed by atoms with Crippen molar-refractivity contribution in [3.63, 3.8) is 0 Å². The van der Waals surface area contributed by atoms with Gasteiger partial charge in [-0.2, -0.15) is 5.10 Å². The van der Waals surface area contributed by atoms with E-state index in [-0.39, 0.29) is 12.4 Å². The maximum absolute atomic E-state index is 13.1. The van der Waals surface area contributed by atoms with Crippen molar-refractivity contribution in [2.45, 2.75) is 13.5 Å². The van der Waals surface area contributed by atoms with Crippen LogP contribution in [-0.4, -0.2) is 20.7 Å². The van der Waals surface area contributed by atoms with E-state index in [1.165, 1.54) is 29.5 Å². The number of hydrogen-bond donors (Lipinski definition) is 1. The van der Waals surface area contributed by atoms with Crippen molar-refractivity contribution in [3.8, 4) is 11.3 Å². The smallest absolute Gasteiger partial charge is 0.267 e. The number of benzene rings is 2. The summed E-state index contributed by atoms with van der Waals surface area (Å²) in [5, 5.41) is 7.39. The highest BCUT2D eigenvalue weighted by molar-refractivity contribution is 7.22. The summed E-state index contributed by atoms with van der Waals surface area (Å²) in [6.07, 6.45) is 0. The molecule has 0 saturated heterocycles. The molecule has 1 amide bonds. The zero-order chi connectivity index (χ0) is 19.7. The number of fused-ring (bicyclic) bond motifs is 1. The monoisotopic (exact) mass is 394 g/mol. The molecule has 0 saturated carbocycles. The third kappa shape index (κ3) is 3.81. The fraction of sp³-hybridized carbons (Fsp3) is 0.100. The molecule has 2 heterocycles. The normalized spacial score (nSPS) is 10.9. The highest BCUT2D eigenvalue weighted by Crippen LogP contribution is 2.26. The van der Waals surface area contributed by atoms with Crippen molar-refractivity contribution in [3.05, 3.63) is 76.3 Å². The Morgan fingerprint density at radius 1 is 1.14 bits per heavy atom. The van der Waals surface area contributed by atoms with Gasteiger partial charge < -0.3 is 5.32 Å². The number of aryl methyl sites for hydroxylation is 1. The van der Waals surface area contributed by atoms with Gasteiger partial charge in [-0.15, -0.1) is 0 Å². The van der Waals surface area contributed by atoms with Crippen LogP contribution in [0.15, 0.2) is 59.4 Å². The second-order valence-corrected chi connectivity index (χ2v) is 7.29. The van der Waals surface area contributed by atoms with Crippen LogP contribution in [0.25, 0.3) is 21.5 Å². The summed E-state index contributed by atoms with van der Waals surface area (Å²) in [4.78, 5) is 28.8. The second-order valence-electron chi connectivity index (χ2n) is 6.26. The molecule has 0 spiro atoms. The number of nitrogens with one attached hydrogen (secondary N) is 1. The SMILES string of the molecule is Cc1ccc2nc(NC(=O)Cn3nc(-c4ccc(F)cc4)ccc3=O)sc2c1. The molecule has 0 aliphatic heterocycles. The first-order valence-electron chi connectivity index (χ1n) is 8.49. The molecule has 0 bridgehead atoms. The third-order valence-corrected chi connectivity index (χ3v) is 5.02. The fourth-order valence-electron chi connectivity index (χ4n) is 2.72. The molecule has 2 aromatic heterocycles. The van der Waals surface area contributed by atoms with Crippen molar-refractivity contribution in [1.82, 2.24) is 14.8 Å². The highest BCUT2D eigenvalue weighted by atomic mass is 32.1. The lowest BCUT2D eigenvalue weighted by atomic mass is 10.1. The Kier molecular flexibility index (Phi) is 4.70. The molecule has 0 radical (unpaired) electrons. The van der Waals surface area contributed by atoms with Gasteiger partial charge in [0.25, 0.3) is 5.56 Å². The van der Waals surface area contributed by atoms with Crippen LogP contribution in [0.2, 0.25) is 0 Å². The van der Waals surface area contributed by atoms with Gasteiger partial charge in [0, 0.05) is 11.6 Å². The number of halogens is 1. The molecule has 0 atom stereocenters. The molecule has 0 unspecified atom stereocenters. The van der Waals surface area contributed by atoms with Crippen LogP contribution < -0.4 is 10.9 Å². The van der Waals surface area contributed by atoms with Gasteiger partial charge in [0.15, 0.2) is 5.13 Å². The summed E-state index contributed by atoms with van der Waals surface area (Å²) in [6.45, 7) is 1.74. The van der Waals surface area contributed by atoms with Crippen molar-refractivity contribution in [1.29, 1.82) is 0 Å². The van der Waals surface area contributed by atoms with E-state index in [1.54, 1.807) is 18.2 Å². The molecule has 140 valence electrons. The Balaban J connectivity index is 1.54. The number of thiazole rings is 1. The van der Waals surface area contributed by atoms with Gasteiger partial charge in [0.05, 0.1) is 15.9 Å².